The number of benzene rings is 1. The highest BCUT2D eigenvalue weighted by atomic mass is 16.5. The molecule has 0 amide bonds. The standard InChI is InChI=1S/C25H30N6O2/c1-25(2,3)29-23-20(24-28-21-6-4-5-7-22(21)33-24)14-18(15-26-23)19-16-27-31(17-19)9-8-30-10-12-32-13-11-30/h4-7,14-17H,8-13H2,1-3H3,(H,26,29). The van der Waals surface area contributed by atoms with Gasteiger partial charge in [-0.2, -0.15) is 5.10 Å². The van der Waals surface area contributed by atoms with Crippen molar-refractivity contribution < 1.29 is 9.15 Å². The van der Waals surface area contributed by atoms with Crippen LogP contribution in [0.4, 0.5) is 5.82 Å². The minimum Gasteiger partial charge on any atom is -0.436 e. The first-order valence-corrected chi connectivity index (χ1v) is 11.4. The van der Waals surface area contributed by atoms with Crippen LogP contribution in [0.15, 0.2) is 53.3 Å². The molecular weight excluding hydrogens is 416 g/mol. The fourth-order valence-corrected chi connectivity index (χ4v) is 3.93. The summed E-state index contributed by atoms with van der Waals surface area (Å²) in [6, 6.07) is 9.87. The predicted molar refractivity (Wildman–Crippen MR) is 129 cm³/mol. The lowest BCUT2D eigenvalue weighted by molar-refractivity contribution is 0.0360. The molecule has 5 rings (SSSR count). The zero-order chi connectivity index (χ0) is 22.8. The zero-order valence-corrected chi connectivity index (χ0v) is 19.4. The fraction of sp³-hybridized carbons (Fsp3) is 0.400. The molecule has 0 bridgehead atoms. The second-order valence-electron chi connectivity index (χ2n) is 9.43. The molecule has 1 aliphatic heterocycles. The van der Waals surface area contributed by atoms with E-state index in [0.717, 1.165) is 73.0 Å². The van der Waals surface area contributed by atoms with Crippen molar-refractivity contribution in [3.8, 4) is 22.6 Å². The van der Waals surface area contributed by atoms with Gasteiger partial charge in [-0.15, -0.1) is 0 Å². The van der Waals surface area contributed by atoms with Crippen LogP contribution in [0, 0.1) is 0 Å². The molecule has 0 aliphatic carbocycles. The molecule has 8 heteroatoms. The normalized spacial score (nSPS) is 15.2. The van der Waals surface area contributed by atoms with E-state index in [-0.39, 0.29) is 5.54 Å². The molecule has 0 saturated carbocycles. The third-order valence-electron chi connectivity index (χ3n) is 5.62. The number of fused-ring (bicyclic) bond motifs is 1. The molecule has 33 heavy (non-hydrogen) atoms. The van der Waals surface area contributed by atoms with Crippen LogP contribution in [0.2, 0.25) is 0 Å². The van der Waals surface area contributed by atoms with Crippen molar-refractivity contribution in [2.24, 2.45) is 0 Å². The van der Waals surface area contributed by atoms with Gasteiger partial charge in [0, 0.05) is 48.7 Å². The largest absolute Gasteiger partial charge is 0.436 e. The van der Waals surface area contributed by atoms with E-state index in [1.54, 1.807) is 0 Å². The summed E-state index contributed by atoms with van der Waals surface area (Å²) in [6.07, 6.45) is 5.84. The molecule has 1 aliphatic rings. The SMILES string of the molecule is CC(C)(C)Nc1ncc(-c2cnn(CCN3CCOCC3)c2)cc1-c1nc2ccccc2o1. The lowest BCUT2D eigenvalue weighted by atomic mass is 10.1. The van der Waals surface area contributed by atoms with Crippen LogP contribution < -0.4 is 5.32 Å². The summed E-state index contributed by atoms with van der Waals surface area (Å²) < 4.78 is 13.5. The highest BCUT2D eigenvalue weighted by Gasteiger charge is 2.20. The van der Waals surface area contributed by atoms with Gasteiger partial charge in [0.25, 0.3) is 0 Å². The Bertz CT molecular complexity index is 1200. The Hall–Kier alpha value is -3.23. The number of hydrogen-bond donors (Lipinski definition) is 1. The van der Waals surface area contributed by atoms with Gasteiger partial charge in [-0.05, 0) is 39.0 Å². The van der Waals surface area contributed by atoms with Crippen molar-refractivity contribution in [2.75, 3.05) is 38.2 Å². The van der Waals surface area contributed by atoms with E-state index in [2.05, 4.69) is 48.3 Å². The predicted octanol–water partition coefficient (Wildman–Crippen LogP) is 4.30. The van der Waals surface area contributed by atoms with Gasteiger partial charge in [0.05, 0.1) is 31.5 Å². The van der Waals surface area contributed by atoms with E-state index < -0.39 is 0 Å². The molecule has 1 aromatic carbocycles. The van der Waals surface area contributed by atoms with Crippen LogP contribution in [-0.4, -0.2) is 63.0 Å². The number of anilines is 1. The summed E-state index contributed by atoms with van der Waals surface area (Å²) in [5, 5.41) is 8.06. The van der Waals surface area contributed by atoms with Gasteiger partial charge in [-0.25, -0.2) is 9.97 Å². The zero-order valence-electron chi connectivity index (χ0n) is 19.4. The van der Waals surface area contributed by atoms with E-state index in [9.17, 15) is 0 Å². The summed E-state index contributed by atoms with van der Waals surface area (Å²) in [7, 11) is 0. The lowest BCUT2D eigenvalue weighted by Gasteiger charge is -2.26. The van der Waals surface area contributed by atoms with Crippen molar-refractivity contribution in [1.29, 1.82) is 0 Å². The molecule has 1 N–H and O–H groups in total. The first kappa shape index (κ1) is 21.6. The van der Waals surface area contributed by atoms with Gasteiger partial charge in [-0.1, -0.05) is 12.1 Å². The van der Waals surface area contributed by atoms with E-state index in [0.29, 0.717) is 5.89 Å². The van der Waals surface area contributed by atoms with E-state index in [1.807, 2.05) is 41.3 Å². The second kappa shape index (κ2) is 8.96. The smallest absolute Gasteiger partial charge is 0.231 e. The molecular formula is C25H30N6O2. The maximum atomic E-state index is 6.08. The minimum absolute atomic E-state index is 0.153. The molecule has 4 heterocycles. The Balaban J connectivity index is 1.43. The summed E-state index contributed by atoms with van der Waals surface area (Å²) in [4.78, 5) is 11.9. The van der Waals surface area contributed by atoms with Gasteiger partial charge in [0.2, 0.25) is 5.89 Å². The van der Waals surface area contributed by atoms with Gasteiger partial charge in [0.1, 0.15) is 11.3 Å². The van der Waals surface area contributed by atoms with Crippen molar-refractivity contribution in [1.82, 2.24) is 24.6 Å². The Morgan fingerprint density at radius 3 is 2.64 bits per heavy atom. The Kier molecular flexibility index (Phi) is 5.86. The first-order chi connectivity index (χ1) is 15.9. The van der Waals surface area contributed by atoms with Gasteiger partial charge in [0.15, 0.2) is 5.58 Å². The molecule has 8 nitrogen and oxygen atoms in total. The van der Waals surface area contributed by atoms with Crippen molar-refractivity contribution in [3.05, 3.63) is 48.9 Å². The molecule has 3 aromatic heterocycles. The van der Waals surface area contributed by atoms with Gasteiger partial charge in [-0.3, -0.25) is 9.58 Å². The monoisotopic (exact) mass is 446 g/mol. The lowest BCUT2D eigenvalue weighted by Crippen LogP contribution is -2.38. The van der Waals surface area contributed by atoms with Crippen molar-refractivity contribution in [3.63, 3.8) is 0 Å². The van der Waals surface area contributed by atoms with Gasteiger partial charge < -0.3 is 14.5 Å². The average molecular weight is 447 g/mol. The number of morpholine rings is 1. The number of oxazole rings is 1. The van der Waals surface area contributed by atoms with Crippen LogP contribution in [0.5, 0.6) is 0 Å². The number of nitrogens with zero attached hydrogens (tertiary/aromatic N) is 5. The summed E-state index contributed by atoms with van der Waals surface area (Å²) >= 11 is 0. The van der Waals surface area contributed by atoms with E-state index in [4.69, 9.17) is 19.1 Å². The topological polar surface area (TPSA) is 81.2 Å². The summed E-state index contributed by atoms with van der Waals surface area (Å²) in [6.45, 7) is 11.7. The molecule has 0 unspecified atom stereocenters. The Morgan fingerprint density at radius 2 is 1.85 bits per heavy atom. The number of hydrogen-bond acceptors (Lipinski definition) is 7. The maximum absolute atomic E-state index is 6.08. The van der Waals surface area contributed by atoms with Crippen LogP contribution in [0.3, 0.4) is 0 Å². The Morgan fingerprint density at radius 1 is 1.03 bits per heavy atom. The molecule has 4 aromatic rings. The number of rotatable bonds is 6. The molecule has 1 saturated heterocycles. The second-order valence-corrected chi connectivity index (χ2v) is 9.43. The van der Waals surface area contributed by atoms with Crippen molar-refractivity contribution in [2.45, 2.75) is 32.9 Å². The van der Waals surface area contributed by atoms with E-state index in [1.165, 1.54) is 0 Å². The molecule has 0 radical (unpaired) electrons. The van der Waals surface area contributed by atoms with Crippen LogP contribution in [0.25, 0.3) is 33.7 Å². The van der Waals surface area contributed by atoms with Crippen LogP contribution in [0.1, 0.15) is 20.8 Å². The maximum Gasteiger partial charge on any atom is 0.231 e. The number of nitrogens with one attached hydrogen (secondary N) is 1. The molecule has 172 valence electrons. The Labute approximate surface area is 193 Å². The van der Waals surface area contributed by atoms with Crippen molar-refractivity contribution >= 4 is 16.9 Å². The third-order valence-corrected chi connectivity index (χ3v) is 5.62. The third kappa shape index (κ3) is 5.07. The quantitative estimate of drug-likeness (QED) is 0.473. The molecule has 0 spiro atoms. The number of ether oxygens (including phenoxy) is 1. The molecule has 0 atom stereocenters. The van der Waals surface area contributed by atoms with Crippen LogP contribution >= 0.6 is 0 Å². The average Bonchev–Trinajstić information content (AvgIpc) is 3.45. The van der Waals surface area contributed by atoms with E-state index >= 15 is 0 Å². The molecule has 1 fully saturated rings. The highest BCUT2D eigenvalue weighted by molar-refractivity contribution is 5.81. The number of para-hydroxylation sites is 2. The summed E-state index contributed by atoms with van der Waals surface area (Å²) in [5.41, 5.74) is 4.26. The minimum atomic E-state index is -0.153. The fourth-order valence-electron chi connectivity index (χ4n) is 3.93. The highest BCUT2D eigenvalue weighted by Crippen LogP contribution is 2.33. The number of aromatic nitrogens is 4. The summed E-state index contributed by atoms with van der Waals surface area (Å²) in [5.74, 6) is 1.30. The number of pyridine rings is 1. The van der Waals surface area contributed by atoms with Gasteiger partial charge >= 0.3 is 0 Å². The van der Waals surface area contributed by atoms with Crippen LogP contribution in [-0.2, 0) is 11.3 Å². The first-order valence-electron chi connectivity index (χ1n) is 11.4.